The van der Waals surface area contributed by atoms with Gasteiger partial charge in [-0.15, -0.1) is 0 Å². The largest absolute Gasteiger partial charge is 0.183 e. The Bertz CT molecular complexity index is 6.04. The van der Waals surface area contributed by atoms with Crippen molar-refractivity contribution < 1.29 is 0 Å². The molecule has 0 aliphatic heterocycles. The van der Waals surface area contributed by atoms with E-state index in [0.717, 1.165) is 0 Å². The Morgan fingerprint density at radius 1 is 0.571 bits per heavy atom. The molecule has 0 aliphatic carbocycles. The second kappa shape index (κ2) is 444. The Morgan fingerprint density at radius 3 is 0.571 bits per heavy atom. The molecule has 0 nitrogen and oxygen atoms in total. The molecule has 0 bridgehead atoms. The monoisotopic (exact) mass is 144 g/mol. The normalized spacial score (nSPS) is 1.71. The zero-order valence-electron chi connectivity index (χ0n) is 2.89. The molecule has 0 saturated carbocycles. The van der Waals surface area contributed by atoms with Gasteiger partial charge >= 0.3 is 0 Å². The molecule has 0 atom stereocenters. The zero-order valence-corrected chi connectivity index (χ0v) is 4.68. The summed E-state index contributed by atoms with van der Waals surface area (Å²) in [5.41, 5.74) is 0. The fraction of sp³-hybridized carbons (Fsp3) is 1.00. The van der Waals surface area contributed by atoms with Gasteiger partial charge in [0.25, 0.3) is 0 Å². The van der Waals surface area contributed by atoms with Crippen LogP contribution in [0.4, 0.5) is 0 Å². The van der Waals surface area contributed by atoms with E-state index in [-0.39, 0.29) is 22.3 Å². The van der Waals surface area contributed by atoms with Crippen LogP contribution in [0, 0.1) is 0 Å². The maximum absolute atomic E-state index is 3.53. The molecule has 0 rings (SSSR count). The van der Waals surface area contributed by atoms with Gasteiger partial charge in [-0.1, -0.05) is 22.3 Å². The predicted molar refractivity (Wildman–Crippen MR) is 50.0 cm³/mol. The Morgan fingerprint density at radius 2 is 0.571 bits per heavy atom. The summed E-state index contributed by atoms with van der Waals surface area (Å²) in [7, 11) is 0. The molecule has 0 aromatic heterocycles. The maximum atomic E-state index is 3.53. The number of thiol groups is 2. The van der Waals surface area contributed by atoms with Crippen LogP contribution in [-0.2, 0) is 0 Å². The van der Waals surface area contributed by atoms with Gasteiger partial charge in [0.05, 0.1) is 0 Å². The highest BCUT2D eigenvalue weighted by Crippen LogP contribution is 1.31. The molecule has 0 amide bonds. The van der Waals surface area contributed by atoms with Gasteiger partial charge in [-0.2, -0.15) is 25.3 Å². The van der Waals surface area contributed by atoms with E-state index in [1.54, 1.807) is 12.5 Å². The first kappa shape index (κ1) is 47.4. The fourth-order valence-electron chi connectivity index (χ4n) is 0. The first-order valence-corrected chi connectivity index (χ1v) is 2.68. The third kappa shape index (κ3) is 302. The summed E-state index contributed by atoms with van der Waals surface area (Å²) in [6, 6.07) is 0. The highest BCUT2D eigenvalue weighted by molar-refractivity contribution is 7.79. The maximum Gasteiger partial charge on any atom is -0.0215 e. The van der Waals surface area contributed by atoms with Crippen LogP contribution in [0.25, 0.3) is 0 Å². The van der Waals surface area contributed by atoms with Crippen LogP contribution in [-0.4, -0.2) is 12.5 Å². The SMILES string of the molecule is C.C.C.CS.CS. The number of hydrogen-bond acceptors (Lipinski definition) is 2. The fourth-order valence-corrected chi connectivity index (χ4v) is 0. The minimum absolute atomic E-state index is 0. The molecule has 0 fully saturated rings. The summed E-state index contributed by atoms with van der Waals surface area (Å²) >= 11 is 7.06. The summed E-state index contributed by atoms with van der Waals surface area (Å²) in [6.07, 6.45) is 3.39. The van der Waals surface area contributed by atoms with Crippen LogP contribution in [0.15, 0.2) is 0 Å². The summed E-state index contributed by atoms with van der Waals surface area (Å²) < 4.78 is 0. The van der Waals surface area contributed by atoms with Crippen molar-refractivity contribution in [3.8, 4) is 0 Å². The quantitative estimate of drug-likeness (QED) is 0.480. The van der Waals surface area contributed by atoms with E-state index in [0.29, 0.717) is 0 Å². The van der Waals surface area contributed by atoms with Crippen molar-refractivity contribution in [3.05, 3.63) is 0 Å². The molecular formula is C5H20S2. The summed E-state index contributed by atoms with van der Waals surface area (Å²) in [5, 5.41) is 0. The Balaban J connectivity index is -0.00000000267. The topological polar surface area (TPSA) is 0 Å². The van der Waals surface area contributed by atoms with Crippen molar-refractivity contribution in [2.45, 2.75) is 22.3 Å². The lowest BCUT2D eigenvalue weighted by Crippen LogP contribution is -0.865. The molecule has 0 radical (unpaired) electrons. The summed E-state index contributed by atoms with van der Waals surface area (Å²) in [5.74, 6) is 0. The smallest absolute Gasteiger partial charge is 0.0215 e. The van der Waals surface area contributed by atoms with Gasteiger partial charge in [-0.3, -0.25) is 0 Å². The molecule has 0 N–H and O–H groups in total. The molecule has 0 aromatic rings. The molecular weight excluding hydrogens is 124 g/mol. The van der Waals surface area contributed by atoms with Crippen molar-refractivity contribution in [1.29, 1.82) is 0 Å². The highest BCUT2D eigenvalue weighted by Gasteiger charge is 0.903. The Hall–Kier alpha value is 0.700. The van der Waals surface area contributed by atoms with Gasteiger partial charge in [-0.25, -0.2) is 0 Å². The van der Waals surface area contributed by atoms with Gasteiger partial charge in [0.2, 0.25) is 0 Å². The molecule has 0 saturated heterocycles. The second-order valence-corrected chi connectivity index (χ2v) is 0. The average Bonchev–Trinajstić information content (AvgIpc) is 1.50. The lowest BCUT2D eigenvalue weighted by molar-refractivity contribution is 2.50. The van der Waals surface area contributed by atoms with Crippen molar-refractivity contribution in [1.82, 2.24) is 0 Å². The molecule has 52 valence electrons. The zero-order chi connectivity index (χ0) is 4.00. The Labute approximate surface area is 60.5 Å². The third-order valence-electron chi connectivity index (χ3n) is 0. The van der Waals surface area contributed by atoms with Crippen LogP contribution < -0.4 is 0 Å². The summed E-state index contributed by atoms with van der Waals surface area (Å²) in [4.78, 5) is 0. The van der Waals surface area contributed by atoms with E-state index < -0.39 is 0 Å². The molecule has 0 aliphatic rings. The van der Waals surface area contributed by atoms with E-state index >= 15 is 0 Å². The van der Waals surface area contributed by atoms with E-state index in [9.17, 15) is 0 Å². The molecule has 0 unspecified atom stereocenters. The van der Waals surface area contributed by atoms with Crippen molar-refractivity contribution in [2.24, 2.45) is 0 Å². The average molecular weight is 144 g/mol. The lowest BCUT2D eigenvalue weighted by atomic mass is 12.0. The highest BCUT2D eigenvalue weighted by atomic mass is 32.1. The van der Waals surface area contributed by atoms with Crippen LogP contribution >= 0.6 is 25.3 Å². The lowest BCUT2D eigenvalue weighted by Gasteiger charge is -1.11. The van der Waals surface area contributed by atoms with Gasteiger partial charge in [0.1, 0.15) is 0 Å². The van der Waals surface area contributed by atoms with E-state index in [1.165, 1.54) is 0 Å². The minimum atomic E-state index is 0. The third-order valence-corrected chi connectivity index (χ3v) is 0. The van der Waals surface area contributed by atoms with Gasteiger partial charge < -0.3 is 0 Å². The molecule has 0 heterocycles. The standard InChI is InChI=1S/2CH4S.3CH4/c2*1-2;;;/h2*2H,1H3;3*1H4. The van der Waals surface area contributed by atoms with Gasteiger partial charge in [0, 0.05) is 0 Å². The van der Waals surface area contributed by atoms with Crippen molar-refractivity contribution in [3.63, 3.8) is 0 Å². The molecule has 0 spiro atoms. The summed E-state index contributed by atoms with van der Waals surface area (Å²) in [6.45, 7) is 0. The molecule has 7 heavy (non-hydrogen) atoms. The van der Waals surface area contributed by atoms with Gasteiger partial charge in [0.15, 0.2) is 0 Å². The predicted octanol–water partition coefficient (Wildman–Crippen LogP) is 3.00. The van der Waals surface area contributed by atoms with Crippen molar-refractivity contribution in [2.75, 3.05) is 12.5 Å². The van der Waals surface area contributed by atoms with E-state index in [4.69, 9.17) is 0 Å². The van der Waals surface area contributed by atoms with Gasteiger partial charge in [-0.05, 0) is 12.5 Å². The van der Waals surface area contributed by atoms with Crippen LogP contribution in [0.3, 0.4) is 0 Å². The number of rotatable bonds is 0. The second-order valence-electron chi connectivity index (χ2n) is 0. The molecule has 0 aromatic carbocycles. The van der Waals surface area contributed by atoms with Crippen LogP contribution in [0.1, 0.15) is 22.3 Å². The van der Waals surface area contributed by atoms with Crippen molar-refractivity contribution >= 4 is 25.3 Å². The van der Waals surface area contributed by atoms with Crippen LogP contribution in [0.5, 0.6) is 0 Å². The Kier molecular flexibility index (Phi) is 3010. The first-order valence-electron chi connectivity index (χ1n) is 0.894. The first-order chi connectivity index (χ1) is 2.00. The molecule has 2 heteroatoms. The van der Waals surface area contributed by atoms with E-state index in [1.807, 2.05) is 0 Å². The van der Waals surface area contributed by atoms with E-state index in [2.05, 4.69) is 25.3 Å². The van der Waals surface area contributed by atoms with Crippen LogP contribution in [0.2, 0.25) is 0 Å². The minimum Gasteiger partial charge on any atom is -0.183 e. The number of hydrogen-bond donors (Lipinski definition) is 2.